The Balaban J connectivity index is 0.00000150. The molecule has 0 fully saturated rings. The fourth-order valence-corrected chi connectivity index (χ4v) is 10.9. The van der Waals surface area contributed by atoms with Crippen LogP contribution in [0.25, 0.3) is 65.0 Å². The molecule has 0 saturated carbocycles. The maximum absolute atomic E-state index is 7.05. The predicted molar refractivity (Wildman–Crippen MR) is 210 cm³/mol. The molecule has 0 N–H and O–H groups in total. The molecule has 11 rings (SSSR count). The smallest absolute Gasteiger partial charge is 0.147 e. The Labute approximate surface area is 285 Å². The van der Waals surface area contributed by atoms with Crippen LogP contribution in [0, 0.1) is 0 Å². The van der Waals surface area contributed by atoms with Crippen LogP contribution in [0.4, 0.5) is 0 Å². The van der Waals surface area contributed by atoms with Gasteiger partial charge in [-0.25, -0.2) is 0 Å². The van der Waals surface area contributed by atoms with Gasteiger partial charge in [0.1, 0.15) is 23.0 Å². The first kappa shape index (κ1) is 28.1. The van der Waals surface area contributed by atoms with Gasteiger partial charge in [0.25, 0.3) is 0 Å². The van der Waals surface area contributed by atoms with Gasteiger partial charge in [-0.05, 0) is 89.8 Å². The Hall–Kier alpha value is -5.95. The lowest BCUT2D eigenvalue weighted by Gasteiger charge is -2.37. The van der Waals surface area contributed by atoms with Crippen molar-refractivity contribution >= 4 is 77.7 Å². The second kappa shape index (κ2) is 10.8. The molecule has 2 aliphatic rings. The van der Waals surface area contributed by atoms with E-state index in [1.807, 2.05) is 0 Å². The van der Waals surface area contributed by atoms with Crippen molar-refractivity contribution < 1.29 is 9.47 Å². The first-order chi connectivity index (χ1) is 24.3. The Kier molecular flexibility index (Phi) is 6.19. The van der Waals surface area contributed by atoms with Crippen molar-refractivity contribution in [2.24, 2.45) is 0 Å². The van der Waals surface area contributed by atoms with Gasteiger partial charge in [0.15, 0.2) is 0 Å². The molecule has 2 heterocycles. The summed E-state index contributed by atoms with van der Waals surface area (Å²) in [5, 5.41) is 16.2. The molecule has 3 heteroatoms. The third-order valence-corrected chi connectivity index (χ3v) is 12.7. The summed E-state index contributed by atoms with van der Waals surface area (Å²) >= 11 is 0. The van der Waals surface area contributed by atoms with Crippen LogP contribution in [0.5, 0.6) is 23.0 Å². The molecule has 9 aromatic rings. The molecule has 0 aliphatic carbocycles. The van der Waals surface area contributed by atoms with Crippen molar-refractivity contribution in [3.05, 3.63) is 165 Å². The molecule has 2 aliphatic heterocycles. The highest BCUT2D eigenvalue weighted by molar-refractivity contribution is 7.81. The second-order valence-electron chi connectivity index (χ2n) is 12.4. The first-order valence-electron chi connectivity index (χ1n) is 16.5. The van der Waals surface area contributed by atoms with Crippen molar-refractivity contribution in [3.63, 3.8) is 0 Å². The third kappa shape index (κ3) is 3.99. The number of benzene rings is 9. The van der Waals surface area contributed by atoms with E-state index in [9.17, 15) is 0 Å². The normalized spacial score (nSPS) is 14.0. The van der Waals surface area contributed by atoms with Gasteiger partial charge in [-0.2, -0.15) is 0 Å². The van der Waals surface area contributed by atoms with Gasteiger partial charge in [0.05, 0.1) is 5.30 Å². The van der Waals surface area contributed by atoms with Gasteiger partial charge in [0, 0.05) is 24.1 Å². The molecule has 0 amide bonds. The number of fused-ring (bicyclic) bond motifs is 14. The molecule has 0 saturated heterocycles. The van der Waals surface area contributed by atoms with Crippen LogP contribution in [-0.4, -0.2) is 0 Å². The summed E-state index contributed by atoms with van der Waals surface area (Å²) < 4.78 is 13.8. The minimum absolute atomic E-state index is 0.883. The standard InChI is InChI=1S/C44H25O2P.C2H4/c1-3-11-30-26(9-1)18-22-38-42(30)47-43-31-12-4-2-10-27(31)19-23-39(43)46-41-29(21-24-40(45-38)44(41)47)28-17-20-36-34-15-6-5-13-32(34)33-14-7-8-16-35(33)37(36)25-28;1-2/h1-25H;1-2H2. The molecule has 0 radical (unpaired) electrons. The highest BCUT2D eigenvalue weighted by atomic mass is 31.1. The third-order valence-electron chi connectivity index (χ3n) is 9.98. The number of hydrogen-bond donors (Lipinski definition) is 0. The van der Waals surface area contributed by atoms with E-state index >= 15 is 0 Å². The van der Waals surface area contributed by atoms with Crippen molar-refractivity contribution in [1.82, 2.24) is 0 Å². The van der Waals surface area contributed by atoms with Crippen LogP contribution in [0.2, 0.25) is 0 Å². The number of ether oxygens (including phenoxy) is 2. The summed E-state index contributed by atoms with van der Waals surface area (Å²) in [5.74, 6) is 3.65. The number of hydrogen-bond acceptors (Lipinski definition) is 2. The van der Waals surface area contributed by atoms with Crippen molar-refractivity contribution in [1.29, 1.82) is 0 Å². The lowest BCUT2D eigenvalue weighted by atomic mass is 9.92. The van der Waals surface area contributed by atoms with Gasteiger partial charge < -0.3 is 9.47 Å². The van der Waals surface area contributed by atoms with E-state index in [1.54, 1.807) is 0 Å². The molecular weight excluding hydrogens is 615 g/mol. The molecule has 1 atom stereocenters. The van der Waals surface area contributed by atoms with Crippen LogP contribution >= 0.6 is 7.92 Å². The Bertz CT molecular complexity index is 2750. The first-order valence-corrected chi connectivity index (χ1v) is 17.9. The fraction of sp³-hybridized carbons (Fsp3) is 0. The summed E-state index contributed by atoms with van der Waals surface area (Å²) in [7, 11) is -0.994. The monoisotopic (exact) mass is 644 g/mol. The highest BCUT2D eigenvalue weighted by Crippen LogP contribution is 2.57. The Morgan fingerprint density at radius 3 is 1.41 bits per heavy atom. The van der Waals surface area contributed by atoms with Crippen molar-refractivity contribution in [2.75, 3.05) is 0 Å². The zero-order chi connectivity index (χ0) is 32.6. The molecule has 2 nitrogen and oxygen atoms in total. The molecule has 0 aromatic heterocycles. The van der Waals surface area contributed by atoms with Gasteiger partial charge in [-0.1, -0.05) is 121 Å². The van der Waals surface area contributed by atoms with E-state index in [0.717, 1.165) is 39.4 Å². The maximum atomic E-state index is 7.05. The average Bonchev–Trinajstić information content (AvgIpc) is 3.18. The SMILES string of the molecule is C=C.c1ccc2c3c(ccc2c1)Oc1ccc(-c2ccc4c5ccccc5c5ccccc5c4c2)c2c1P3c1c(ccc3ccccc13)O2. The molecule has 49 heavy (non-hydrogen) atoms. The molecule has 9 aromatic carbocycles. The van der Waals surface area contributed by atoms with Crippen molar-refractivity contribution in [3.8, 4) is 34.1 Å². The molecule has 230 valence electrons. The van der Waals surface area contributed by atoms with E-state index in [-0.39, 0.29) is 0 Å². The summed E-state index contributed by atoms with van der Waals surface area (Å²) in [6.07, 6.45) is 0. The maximum Gasteiger partial charge on any atom is 0.147 e. The quantitative estimate of drug-likeness (QED) is 0.101. The fourth-order valence-electron chi connectivity index (χ4n) is 7.91. The Morgan fingerprint density at radius 1 is 0.367 bits per heavy atom. The van der Waals surface area contributed by atoms with E-state index < -0.39 is 7.92 Å². The molecular formula is C46H29O2P. The average molecular weight is 645 g/mol. The van der Waals surface area contributed by atoms with Gasteiger partial charge in [-0.15, -0.1) is 13.2 Å². The molecule has 1 unspecified atom stereocenters. The minimum atomic E-state index is -0.994. The lowest BCUT2D eigenvalue weighted by molar-refractivity contribution is 0.468. The lowest BCUT2D eigenvalue weighted by Crippen LogP contribution is -2.33. The zero-order valence-electron chi connectivity index (χ0n) is 26.6. The highest BCUT2D eigenvalue weighted by Gasteiger charge is 2.40. The summed E-state index contributed by atoms with van der Waals surface area (Å²) in [4.78, 5) is 0. The van der Waals surface area contributed by atoms with Crippen LogP contribution in [0.1, 0.15) is 0 Å². The predicted octanol–water partition coefficient (Wildman–Crippen LogP) is 11.9. The summed E-state index contributed by atoms with van der Waals surface area (Å²) in [6, 6.07) is 54.8. The Morgan fingerprint density at radius 2 is 0.816 bits per heavy atom. The van der Waals surface area contributed by atoms with E-state index in [0.29, 0.717) is 0 Å². The minimum Gasteiger partial charge on any atom is -0.456 e. The van der Waals surface area contributed by atoms with Crippen LogP contribution in [0.15, 0.2) is 165 Å². The van der Waals surface area contributed by atoms with E-state index in [1.165, 1.54) is 64.5 Å². The van der Waals surface area contributed by atoms with Crippen molar-refractivity contribution in [2.45, 2.75) is 0 Å². The second-order valence-corrected chi connectivity index (χ2v) is 14.5. The molecule has 0 spiro atoms. The largest absolute Gasteiger partial charge is 0.456 e. The van der Waals surface area contributed by atoms with E-state index in [2.05, 4.69) is 165 Å². The van der Waals surface area contributed by atoms with Crippen LogP contribution < -0.4 is 25.4 Å². The van der Waals surface area contributed by atoms with Crippen LogP contribution in [0.3, 0.4) is 0 Å². The van der Waals surface area contributed by atoms with E-state index in [4.69, 9.17) is 9.47 Å². The summed E-state index contributed by atoms with van der Waals surface area (Å²) in [5.41, 5.74) is 2.22. The molecule has 0 bridgehead atoms. The van der Waals surface area contributed by atoms with Gasteiger partial charge >= 0.3 is 0 Å². The number of rotatable bonds is 1. The van der Waals surface area contributed by atoms with Gasteiger partial charge in [0.2, 0.25) is 0 Å². The van der Waals surface area contributed by atoms with Crippen LogP contribution in [-0.2, 0) is 0 Å². The summed E-state index contributed by atoms with van der Waals surface area (Å²) in [6.45, 7) is 6.00. The topological polar surface area (TPSA) is 18.5 Å². The van der Waals surface area contributed by atoms with Gasteiger partial charge in [-0.3, -0.25) is 0 Å². The zero-order valence-corrected chi connectivity index (χ0v) is 27.5.